The summed E-state index contributed by atoms with van der Waals surface area (Å²) in [6.07, 6.45) is 2.12. The zero-order valence-electron chi connectivity index (χ0n) is 17.8. The van der Waals surface area contributed by atoms with Crippen LogP contribution in [0.3, 0.4) is 0 Å². The maximum absolute atomic E-state index is 12.9. The number of rotatable bonds is 5. The van der Waals surface area contributed by atoms with Gasteiger partial charge in [-0.15, -0.1) is 0 Å². The first-order valence-electron chi connectivity index (χ1n) is 10.8. The number of aliphatic carboxylic acids is 1. The molecule has 172 valence electrons. The molecule has 4 rings (SSSR count). The lowest BCUT2D eigenvalue weighted by molar-refractivity contribution is -0.143. The van der Waals surface area contributed by atoms with Crippen LogP contribution in [-0.4, -0.2) is 58.9 Å². The van der Waals surface area contributed by atoms with E-state index in [9.17, 15) is 29.7 Å². The first-order chi connectivity index (χ1) is 15.3. The molecule has 3 N–H and O–H groups in total. The molecule has 2 atom stereocenters. The normalized spacial score (nSPS) is 26.7. The van der Waals surface area contributed by atoms with E-state index in [0.717, 1.165) is 6.07 Å². The second kappa shape index (κ2) is 8.82. The number of ether oxygens (including phenoxy) is 1. The van der Waals surface area contributed by atoms with Crippen molar-refractivity contribution in [2.75, 3.05) is 20.1 Å². The monoisotopic (exact) mass is 445 g/mol. The molecule has 0 bridgehead atoms. The number of likely N-dealkylation sites (N-methyl/N-ethyl adjacent to an activating group) is 1. The topological polar surface area (TPSA) is 138 Å². The number of phenols is 2. The summed E-state index contributed by atoms with van der Waals surface area (Å²) in [5.41, 5.74) is 0.0106. The third-order valence-electron chi connectivity index (χ3n) is 6.86. The molecule has 1 saturated heterocycles. The molecule has 1 aromatic carbocycles. The fraction of sp³-hybridized carbons (Fsp3) is 0.522. The Kier molecular flexibility index (Phi) is 6.10. The molecule has 1 aliphatic carbocycles. The number of nitrogens with zero attached hydrogens (tertiary/aromatic N) is 1. The fourth-order valence-corrected chi connectivity index (χ4v) is 5.13. The average Bonchev–Trinajstić information content (AvgIpc) is 2.74. The van der Waals surface area contributed by atoms with Gasteiger partial charge in [0.25, 0.3) is 6.47 Å². The molecule has 2 heterocycles. The first kappa shape index (κ1) is 22.1. The number of hydrogen-bond donors (Lipinski definition) is 3. The fourth-order valence-electron chi connectivity index (χ4n) is 5.13. The lowest BCUT2D eigenvalue weighted by Gasteiger charge is -2.36. The van der Waals surface area contributed by atoms with Crippen molar-refractivity contribution >= 4 is 23.4 Å². The van der Waals surface area contributed by atoms with Gasteiger partial charge in [0.05, 0.1) is 5.92 Å². The highest BCUT2D eigenvalue weighted by atomic mass is 16.5. The van der Waals surface area contributed by atoms with Crippen LogP contribution >= 0.6 is 0 Å². The molecule has 2 aromatic rings. The number of piperidine rings is 1. The maximum atomic E-state index is 12.9. The van der Waals surface area contributed by atoms with E-state index in [0.29, 0.717) is 63.0 Å². The zero-order valence-corrected chi connectivity index (χ0v) is 17.8. The molecule has 32 heavy (non-hydrogen) atoms. The van der Waals surface area contributed by atoms with Crippen molar-refractivity contribution in [1.29, 1.82) is 0 Å². The van der Waals surface area contributed by atoms with E-state index in [-0.39, 0.29) is 28.4 Å². The van der Waals surface area contributed by atoms with Crippen molar-refractivity contribution in [3.8, 4) is 11.5 Å². The molecule has 9 heteroatoms. The van der Waals surface area contributed by atoms with Gasteiger partial charge in [0, 0.05) is 36.1 Å². The molecule has 1 saturated carbocycles. The Morgan fingerprint density at radius 3 is 2.53 bits per heavy atom. The van der Waals surface area contributed by atoms with Crippen molar-refractivity contribution in [2.45, 2.75) is 50.0 Å². The van der Waals surface area contributed by atoms with Crippen LogP contribution in [0.2, 0.25) is 0 Å². The molecule has 0 radical (unpaired) electrons. The second-order valence-electron chi connectivity index (χ2n) is 8.86. The predicted octanol–water partition coefficient (Wildman–Crippen LogP) is 2.52. The second-order valence-corrected chi connectivity index (χ2v) is 8.86. The van der Waals surface area contributed by atoms with Gasteiger partial charge in [0.2, 0.25) is 0 Å². The molecular weight excluding hydrogens is 418 g/mol. The summed E-state index contributed by atoms with van der Waals surface area (Å²) >= 11 is 0. The number of likely N-dealkylation sites (tertiary alicyclic amines) is 1. The molecule has 2 fully saturated rings. The smallest absolute Gasteiger partial charge is 0.306 e. The van der Waals surface area contributed by atoms with Crippen LogP contribution in [0.5, 0.6) is 11.5 Å². The number of phenolic OH excluding ortho intramolecular Hbond substituents is 2. The SMILES string of the molecule is CN1CC[C@H](c2c(O)cc(O)c3c(=O)cc(C4CCC(C(=O)O)CC4)oc23)[C@H](OC=O)C1. The Balaban J connectivity index is 1.80. The highest BCUT2D eigenvalue weighted by molar-refractivity contribution is 5.88. The molecule has 1 aromatic heterocycles. The van der Waals surface area contributed by atoms with E-state index in [2.05, 4.69) is 0 Å². The van der Waals surface area contributed by atoms with Gasteiger partial charge in [-0.1, -0.05) is 0 Å². The van der Waals surface area contributed by atoms with Gasteiger partial charge in [0.1, 0.15) is 34.3 Å². The molecule has 9 nitrogen and oxygen atoms in total. The van der Waals surface area contributed by atoms with Crippen molar-refractivity contribution in [3.63, 3.8) is 0 Å². The number of carboxylic acid groups (broad SMARTS) is 1. The molecule has 2 aliphatic rings. The largest absolute Gasteiger partial charge is 0.507 e. The van der Waals surface area contributed by atoms with Crippen LogP contribution in [0, 0.1) is 5.92 Å². The average molecular weight is 445 g/mol. The van der Waals surface area contributed by atoms with E-state index < -0.39 is 29.3 Å². The summed E-state index contributed by atoms with van der Waals surface area (Å²) < 4.78 is 11.4. The van der Waals surface area contributed by atoms with Crippen LogP contribution in [0.4, 0.5) is 0 Å². The standard InChI is InChI=1S/C23H27NO8/c1-24-7-6-14(19(10-24)31-11-25)20-15(26)8-16(27)21-17(28)9-18(32-22(20)21)12-2-4-13(5-3-12)23(29)30/h8-9,11-14,19,26-27H,2-7,10H2,1H3,(H,29,30)/t12?,13?,14-,19+/m0/s1. The van der Waals surface area contributed by atoms with Crippen LogP contribution in [0.25, 0.3) is 11.0 Å². The van der Waals surface area contributed by atoms with Crippen molar-refractivity contribution in [3.05, 3.63) is 33.7 Å². The molecule has 1 aliphatic heterocycles. The van der Waals surface area contributed by atoms with Crippen LogP contribution < -0.4 is 5.43 Å². The number of fused-ring (bicyclic) bond motifs is 1. The Bertz CT molecular complexity index is 1090. The Labute approximate surface area is 184 Å². The van der Waals surface area contributed by atoms with E-state index in [1.807, 2.05) is 11.9 Å². The highest BCUT2D eigenvalue weighted by Crippen LogP contribution is 2.44. The number of benzene rings is 1. The number of carboxylic acids is 1. The lowest BCUT2D eigenvalue weighted by Crippen LogP contribution is -2.42. The third-order valence-corrected chi connectivity index (χ3v) is 6.86. The summed E-state index contributed by atoms with van der Waals surface area (Å²) in [6.45, 7) is 1.52. The summed E-state index contributed by atoms with van der Waals surface area (Å²) in [4.78, 5) is 37.3. The van der Waals surface area contributed by atoms with Crippen molar-refractivity contribution < 1.29 is 34.1 Å². The molecular formula is C23H27NO8. The van der Waals surface area contributed by atoms with E-state index in [4.69, 9.17) is 9.15 Å². The molecule has 0 unspecified atom stereocenters. The molecule has 0 amide bonds. The molecule has 0 spiro atoms. The van der Waals surface area contributed by atoms with Gasteiger partial charge in [-0.05, 0) is 45.7 Å². The minimum atomic E-state index is -0.816. The predicted molar refractivity (Wildman–Crippen MR) is 114 cm³/mol. The van der Waals surface area contributed by atoms with Gasteiger partial charge in [-0.2, -0.15) is 0 Å². The van der Waals surface area contributed by atoms with Crippen LogP contribution in [0.15, 0.2) is 21.3 Å². The lowest BCUT2D eigenvalue weighted by atomic mass is 9.80. The Morgan fingerprint density at radius 2 is 1.88 bits per heavy atom. The summed E-state index contributed by atoms with van der Waals surface area (Å²) in [6, 6.07) is 2.48. The van der Waals surface area contributed by atoms with E-state index in [1.54, 1.807) is 0 Å². The van der Waals surface area contributed by atoms with Crippen molar-refractivity contribution in [2.24, 2.45) is 5.92 Å². The Hall–Kier alpha value is -3.07. The summed E-state index contributed by atoms with van der Waals surface area (Å²) in [7, 11) is 1.90. The maximum Gasteiger partial charge on any atom is 0.306 e. The summed E-state index contributed by atoms with van der Waals surface area (Å²) in [5, 5.41) is 30.3. The first-order valence-corrected chi connectivity index (χ1v) is 10.8. The van der Waals surface area contributed by atoms with E-state index in [1.165, 1.54) is 6.07 Å². The van der Waals surface area contributed by atoms with Gasteiger partial charge >= 0.3 is 5.97 Å². The highest BCUT2D eigenvalue weighted by Gasteiger charge is 2.36. The van der Waals surface area contributed by atoms with E-state index >= 15 is 0 Å². The van der Waals surface area contributed by atoms with Gasteiger partial charge in [-0.3, -0.25) is 14.4 Å². The Morgan fingerprint density at radius 1 is 1.16 bits per heavy atom. The summed E-state index contributed by atoms with van der Waals surface area (Å²) in [5.74, 6) is -1.94. The van der Waals surface area contributed by atoms with Crippen molar-refractivity contribution in [1.82, 2.24) is 4.90 Å². The third kappa shape index (κ3) is 4.04. The van der Waals surface area contributed by atoms with Gasteiger partial charge < -0.3 is 29.4 Å². The zero-order chi connectivity index (χ0) is 23.0. The minimum Gasteiger partial charge on any atom is -0.507 e. The van der Waals surface area contributed by atoms with Crippen LogP contribution in [-0.2, 0) is 14.3 Å². The van der Waals surface area contributed by atoms with Gasteiger partial charge in [-0.25, -0.2) is 0 Å². The number of carbonyl (C=O) groups excluding carboxylic acids is 1. The number of hydrogen-bond acceptors (Lipinski definition) is 8. The number of aromatic hydroxyl groups is 2. The number of carbonyl (C=O) groups is 2. The minimum absolute atomic E-state index is 0.0236. The van der Waals surface area contributed by atoms with Crippen LogP contribution in [0.1, 0.15) is 55.3 Å². The quantitative estimate of drug-likeness (QED) is 0.593. The van der Waals surface area contributed by atoms with Gasteiger partial charge in [0.15, 0.2) is 5.43 Å².